The van der Waals surface area contributed by atoms with Crippen LogP contribution in [0.4, 0.5) is 0 Å². The van der Waals surface area contributed by atoms with Crippen LogP contribution in [0.5, 0.6) is 11.5 Å². The number of terminal acetylenes is 1. The molecule has 158 valence electrons. The molecule has 5 heteroatoms. The van der Waals surface area contributed by atoms with Crippen molar-refractivity contribution in [2.75, 3.05) is 6.61 Å². The fourth-order valence-corrected chi connectivity index (χ4v) is 4.14. The van der Waals surface area contributed by atoms with Gasteiger partial charge in [0.15, 0.2) is 12.4 Å². The van der Waals surface area contributed by atoms with Gasteiger partial charge in [-0.15, -0.1) is 6.42 Å². The third kappa shape index (κ3) is 4.94. The molecule has 0 amide bonds. The second-order valence-corrected chi connectivity index (χ2v) is 8.23. The molecule has 2 aromatic carbocycles. The Bertz CT molecular complexity index is 977. The molecule has 0 unspecified atom stereocenters. The van der Waals surface area contributed by atoms with Crippen LogP contribution in [0.15, 0.2) is 30.3 Å². The van der Waals surface area contributed by atoms with Crippen LogP contribution >= 0.6 is 0 Å². The maximum absolute atomic E-state index is 12.5. The Balaban J connectivity index is 1.75. The highest BCUT2D eigenvalue weighted by molar-refractivity contribution is 5.96. The highest BCUT2D eigenvalue weighted by Crippen LogP contribution is 2.36. The normalized spacial score (nSPS) is 14.7. The van der Waals surface area contributed by atoms with Gasteiger partial charge in [0.25, 0.3) is 0 Å². The van der Waals surface area contributed by atoms with E-state index >= 15 is 0 Å². The standard InChI is InChI=1S/C25H28O5/c1-5-18-14-15-20-21(24(18)29-17(2)26)12-9-13-22(20)28-16-23(27)30-25(3,4)19-10-7-6-8-11-19/h1,9,12-15,19H,6-8,10-11,16H2,2-4H3. The fraction of sp³-hybridized carbons (Fsp3) is 0.440. The van der Waals surface area contributed by atoms with Crippen molar-refractivity contribution in [1.82, 2.24) is 0 Å². The zero-order valence-corrected chi connectivity index (χ0v) is 17.8. The van der Waals surface area contributed by atoms with Gasteiger partial charge in [-0.1, -0.05) is 37.3 Å². The van der Waals surface area contributed by atoms with Gasteiger partial charge in [0.2, 0.25) is 0 Å². The maximum atomic E-state index is 12.5. The molecule has 30 heavy (non-hydrogen) atoms. The lowest BCUT2D eigenvalue weighted by atomic mass is 9.79. The van der Waals surface area contributed by atoms with Crippen LogP contribution in [0, 0.1) is 18.3 Å². The lowest BCUT2D eigenvalue weighted by Crippen LogP contribution is -2.39. The lowest BCUT2D eigenvalue weighted by molar-refractivity contribution is -0.165. The van der Waals surface area contributed by atoms with Gasteiger partial charge >= 0.3 is 11.9 Å². The Morgan fingerprint density at radius 1 is 1.10 bits per heavy atom. The van der Waals surface area contributed by atoms with Crippen molar-refractivity contribution in [1.29, 1.82) is 0 Å². The highest BCUT2D eigenvalue weighted by Gasteiger charge is 2.34. The molecule has 0 saturated heterocycles. The number of hydrogen-bond acceptors (Lipinski definition) is 5. The topological polar surface area (TPSA) is 61.8 Å². The van der Waals surface area contributed by atoms with Gasteiger partial charge in [-0.3, -0.25) is 4.79 Å². The van der Waals surface area contributed by atoms with E-state index in [1.54, 1.807) is 30.3 Å². The van der Waals surface area contributed by atoms with Gasteiger partial charge in [-0.25, -0.2) is 4.79 Å². The summed E-state index contributed by atoms with van der Waals surface area (Å²) in [4.78, 5) is 24.0. The van der Waals surface area contributed by atoms with E-state index in [0.717, 1.165) is 12.8 Å². The first-order valence-corrected chi connectivity index (χ1v) is 10.4. The molecule has 1 aliphatic rings. The van der Waals surface area contributed by atoms with Gasteiger partial charge in [0.05, 0.1) is 5.56 Å². The molecule has 0 bridgehead atoms. The predicted molar refractivity (Wildman–Crippen MR) is 115 cm³/mol. The summed E-state index contributed by atoms with van der Waals surface area (Å²) in [5.41, 5.74) is -0.0347. The molecule has 0 aromatic heterocycles. The van der Waals surface area contributed by atoms with Gasteiger partial charge in [0.1, 0.15) is 11.4 Å². The molecule has 0 atom stereocenters. The summed E-state index contributed by atoms with van der Waals surface area (Å²) < 4.78 is 16.9. The number of ether oxygens (including phenoxy) is 3. The van der Waals surface area contributed by atoms with Crippen LogP contribution in [-0.2, 0) is 14.3 Å². The van der Waals surface area contributed by atoms with Crippen molar-refractivity contribution in [3.63, 3.8) is 0 Å². The van der Waals surface area contributed by atoms with Crippen molar-refractivity contribution in [2.24, 2.45) is 5.92 Å². The third-order valence-electron chi connectivity index (χ3n) is 5.68. The Kier molecular flexibility index (Phi) is 6.66. The first-order chi connectivity index (χ1) is 14.3. The molecule has 0 heterocycles. The summed E-state index contributed by atoms with van der Waals surface area (Å²) in [6, 6.07) is 8.81. The molecule has 1 saturated carbocycles. The summed E-state index contributed by atoms with van der Waals surface area (Å²) in [6.07, 6.45) is 11.3. The van der Waals surface area contributed by atoms with Crippen molar-refractivity contribution in [3.05, 3.63) is 35.9 Å². The van der Waals surface area contributed by atoms with Gasteiger partial charge in [-0.2, -0.15) is 0 Å². The van der Waals surface area contributed by atoms with E-state index in [2.05, 4.69) is 5.92 Å². The molecule has 3 rings (SSSR count). The predicted octanol–water partition coefficient (Wildman–Crippen LogP) is 5.03. The SMILES string of the molecule is C#Cc1ccc2c(OCC(=O)OC(C)(C)C3CCCCC3)cccc2c1OC(C)=O. The smallest absolute Gasteiger partial charge is 0.344 e. The van der Waals surface area contributed by atoms with Gasteiger partial charge < -0.3 is 14.2 Å². The second-order valence-electron chi connectivity index (χ2n) is 8.23. The van der Waals surface area contributed by atoms with Gasteiger partial charge in [-0.05, 0) is 50.8 Å². The zero-order valence-electron chi connectivity index (χ0n) is 17.8. The minimum Gasteiger partial charge on any atom is -0.481 e. The second kappa shape index (κ2) is 9.21. The molecule has 0 aliphatic heterocycles. The Hall–Kier alpha value is -3.00. The summed E-state index contributed by atoms with van der Waals surface area (Å²) in [7, 11) is 0. The van der Waals surface area contributed by atoms with Gasteiger partial charge in [0, 0.05) is 17.7 Å². The van der Waals surface area contributed by atoms with E-state index in [-0.39, 0.29) is 6.61 Å². The van der Waals surface area contributed by atoms with Crippen molar-refractivity contribution in [2.45, 2.75) is 58.5 Å². The minimum absolute atomic E-state index is 0.199. The number of carbonyl (C=O) groups excluding carboxylic acids is 2. The first-order valence-electron chi connectivity index (χ1n) is 10.4. The quantitative estimate of drug-likeness (QED) is 0.381. The van der Waals surface area contributed by atoms with E-state index in [0.29, 0.717) is 33.8 Å². The summed E-state index contributed by atoms with van der Waals surface area (Å²) in [5, 5.41) is 1.35. The van der Waals surface area contributed by atoms with E-state index in [1.807, 2.05) is 13.8 Å². The van der Waals surface area contributed by atoms with Crippen LogP contribution in [0.25, 0.3) is 10.8 Å². The third-order valence-corrected chi connectivity index (χ3v) is 5.68. The fourth-order valence-electron chi connectivity index (χ4n) is 4.14. The van der Waals surface area contributed by atoms with Crippen molar-refractivity contribution >= 4 is 22.7 Å². The van der Waals surface area contributed by atoms with Crippen LogP contribution in [0.2, 0.25) is 0 Å². The first kappa shape index (κ1) is 21.7. The Labute approximate surface area is 177 Å². The van der Waals surface area contributed by atoms with E-state index in [9.17, 15) is 9.59 Å². The monoisotopic (exact) mass is 408 g/mol. The number of esters is 2. The molecule has 2 aromatic rings. The summed E-state index contributed by atoms with van der Waals surface area (Å²) in [6.45, 7) is 5.08. The van der Waals surface area contributed by atoms with Crippen LogP contribution < -0.4 is 9.47 Å². The molecule has 5 nitrogen and oxygen atoms in total. The highest BCUT2D eigenvalue weighted by atomic mass is 16.6. The average Bonchev–Trinajstić information content (AvgIpc) is 2.72. The van der Waals surface area contributed by atoms with Crippen molar-refractivity contribution in [3.8, 4) is 23.8 Å². The zero-order chi connectivity index (χ0) is 21.7. The van der Waals surface area contributed by atoms with E-state index in [4.69, 9.17) is 20.6 Å². The van der Waals surface area contributed by atoms with Crippen LogP contribution in [0.3, 0.4) is 0 Å². The van der Waals surface area contributed by atoms with Crippen LogP contribution in [0.1, 0.15) is 58.4 Å². The average molecular weight is 408 g/mol. The Morgan fingerprint density at radius 3 is 2.50 bits per heavy atom. The molecular weight excluding hydrogens is 380 g/mol. The number of rotatable bonds is 6. The molecule has 0 N–H and O–H groups in total. The minimum atomic E-state index is -0.510. The van der Waals surface area contributed by atoms with Crippen molar-refractivity contribution < 1.29 is 23.8 Å². The summed E-state index contributed by atoms with van der Waals surface area (Å²) in [5.74, 6) is 2.86. The molecular formula is C25H28O5. The lowest BCUT2D eigenvalue weighted by Gasteiger charge is -2.36. The largest absolute Gasteiger partial charge is 0.481 e. The Morgan fingerprint density at radius 2 is 1.83 bits per heavy atom. The van der Waals surface area contributed by atoms with E-state index < -0.39 is 17.5 Å². The number of benzene rings is 2. The molecule has 1 fully saturated rings. The van der Waals surface area contributed by atoms with E-state index in [1.165, 1.54) is 26.2 Å². The van der Waals surface area contributed by atoms with Crippen LogP contribution in [-0.4, -0.2) is 24.1 Å². The number of fused-ring (bicyclic) bond motifs is 1. The molecule has 0 spiro atoms. The maximum Gasteiger partial charge on any atom is 0.344 e. The number of carbonyl (C=O) groups is 2. The number of hydrogen-bond donors (Lipinski definition) is 0. The molecule has 1 aliphatic carbocycles. The molecule has 0 radical (unpaired) electrons. The summed E-state index contributed by atoms with van der Waals surface area (Å²) >= 11 is 0.